The van der Waals surface area contributed by atoms with E-state index in [0.29, 0.717) is 0 Å². The predicted molar refractivity (Wildman–Crippen MR) is 93.9 cm³/mol. The molecule has 0 N–H and O–H groups in total. The van der Waals surface area contributed by atoms with Crippen molar-refractivity contribution in [3.05, 3.63) is 41.5 Å². The Morgan fingerprint density at radius 3 is 2.64 bits per heavy atom. The SMILES string of the molecule is CCCCC1(OC2(C)CC=Cc3ccccc32)CCCCC1. The van der Waals surface area contributed by atoms with E-state index in [0.717, 1.165) is 6.42 Å². The van der Waals surface area contributed by atoms with Gasteiger partial charge in [0.25, 0.3) is 0 Å². The molecule has 0 aliphatic heterocycles. The van der Waals surface area contributed by atoms with Crippen molar-refractivity contribution in [3.8, 4) is 0 Å². The van der Waals surface area contributed by atoms with E-state index in [2.05, 4.69) is 50.3 Å². The number of unbranched alkanes of at least 4 members (excludes halogenated alkanes) is 1. The van der Waals surface area contributed by atoms with Crippen molar-refractivity contribution in [1.29, 1.82) is 0 Å². The van der Waals surface area contributed by atoms with E-state index in [1.54, 1.807) is 0 Å². The lowest BCUT2D eigenvalue weighted by Gasteiger charge is -2.46. The average molecular weight is 298 g/mol. The van der Waals surface area contributed by atoms with Crippen LogP contribution < -0.4 is 0 Å². The maximum atomic E-state index is 6.98. The fraction of sp³-hybridized carbons (Fsp3) is 0.619. The lowest BCUT2D eigenvalue weighted by molar-refractivity contribution is -0.173. The molecule has 0 bridgehead atoms. The van der Waals surface area contributed by atoms with Crippen LogP contribution in [0.4, 0.5) is 0 Å². The van der Waals surface area contributed by atoms with Crippen molar-refractivity contribution in [2.75, 3.05) is 0 Å². The minimum Gasteiger partial charge on any atom is -0.364 e. The summed E-state index contributed by atoms with van der Waals surface area (Å²) in [5.41, 5.74) is 2.66. The van der Waals surface area contributed by atoms with Crippen LogP contribution in [0, 0.1) is 0 Å². The molecule has 0 amide bonds. The molecule has 1 heteroatoms. The van der Waals surface area contributed by atoms with Gasteiger partial charge in [-0.05, 0) is 43.7 Å². The van der Waals surface area contributed by atoms with E-state index < -0.39 is 0 Å². The Balaban J connectivity index is 1.87. The largest absolute Gasteiger partial charge is 0.364 e. The van der Waals surface area contributed by atoms with Crippen LogP contribution in [-0.4, -0.2) is 5.60 Å². The standard InChI is InChI=1S/C21H30O/c1-3-4-15-21(16-8-5-9-17-21)22-20(2)14-10-12-18-11-6-7-13-19(18)20/h6-7,10-13H,3-5,8-9,14-17H2,1-2H3. The Hall–Kier alpha value is -1.08. The molecule has 0 saturated heterocycles. The predicted octanol–water partition coefficient (Wildman–Crippen LogP) is 6.23. The monoisotopic (exact) mass is 298 g/mol. The highest BCUT2D eigenvalue weighted by Crippen LogP contribution is 2.45. The second-order valence-electron chi connectivity index (χ2n) is 7.37. The molecule has 0 spiro atoms. The highest BCUT2D eigenvalue weighted by atomic mass is 16.5. The summed E-state index contributed by atoms with van der Waals surface area (Å²) in [5, 5.41) is 0. The smallest absolute Gasteiger partial charge is 0.0950 e. The van der Waals surface area contributed by atoms with Gasteiger partial charge >= 0.3 is 0 Å². The summed E-state index contributed by atoms with van der Waals surface area (Å²) in [6, 6.07) is 8.75. The molecule has 1 saturated carbocycles. The molecule has 1 aromatic rings. The third-order valence-corrected chi connectivity index (χ3v) is 5.53. The first-order chi connectivity index (χ1) is 10.7. The molecule has 1 fully saturated rings. The maximum absolute atomic E-state index is 6.98. The maximum Gasteiger partial charge on any atom is 0.0950 e. The molecule has 0 radical (unpaired) electrons. The fourth-order valence-corrected chi connectivity index (χ4v) is 4.32. The van der Waals surface area contributed by atoms with E-state index in [-0.39, 0.29) is 11.2 Å². The minimum atomic E-state index is -0.156. The number of ether oxygens (including phenoxy) is 1. The van der Waals surface area contributed by atoms with Crippen molar-refractivity contribution in [1.82, 2.24) is 0 Å². The topological polar surface area (TPSA) is 9.23 Å². The summed E-state index contributed by atoms with van der Waals surface area (Å²) in [4.78, 5) is 0. The zero-order valence-corrected chi connectivity index (χ0v) is 14.2. The summed E-state index contributed by atoms with van der Waals surface area (Å²) in [6.45, 7) is 4.59. The first kappa shape index (κ1) is 15.8. The fourth-order valence-electron chi connectivity index (χ4n) is 4.32. The van der Waals surface area contributed by atoms with E-state index in [4.69, 9.17) is 4.74 Å². The molecule has 3 rings (SSSR count). The van der Waals surface area contributed by atoms with Gasteiger partial charge in [0.05, 0.1) is 11.2 Å². The van der Waals surface area contributed by atoms with E-state index in [1.165, 1.54) is 62.5 Å². The zero-order chi connectivity index (χ0) is 15.5. The Morgan fingerprint density at radius 1 is 1.09 bits per heavy atom. The number of benzene rings is 1. The molecule has 2 aliphatic rings. The molecule has 2 aliphatic carbocycles. The molecule has 1 unspecified atom stereocenters. The van der Waals surface area contributed by atoms with Crippen molar-refractivity contribution in [3.63, 3.8) is 0 Å². The van der Waals surface area contributed by atoms with E-state index in [1.807, 2.05) is 0 Å². The molecular weight excluding hydrogens is 268 g/mol. The number of hydrogen-bond acceptors (Lipinski definition) is 1. The average Bonchev–Trinajstić information content (AvgIpc) is 2.54. The van der Waals surface area contributed by atoms with E-state index >= 15 is 0 Å². The van der Waals surface area contributed by atoms with Crippen LogP contribution >= 0.6 is 0 Å². The highest BCUT2D eigenvalue weighted by molar-refractivity contribution is 5.58. The van der Waals surface area contributed by atoms with Crippen LogP contribution in [0.2, 0.25) is 0 Å². The van der Waals surface area contributed by atoms with Gasteiger partial charge in [0.1, 0.15) is 0 Å². The lowest BCUT2D eigenvalue weighted by atomic mass is 9.78. The van der Waals surface area contributed by atoms with Gasteiger partial charge in [-0.15, -0.1) is 0 Å². The highest BCUT2D eigenvalue weighted by Gasteiger charge is 2.41. The van der Waals surface area contributed by atoms with Gasteiger partial charge in [0.2, 0.25) is 0 Å². The normalized spacial score (nSPS) is 26.6. The summed E-state index contributed by atoms with van der Waals surface area (Å²) in [6.07, 6.45) is 15.8. The van der Waals surface area contributed by atoms with Crippen LogP contribution in [0.3, 0.4) is 0 Å². The third-order valence-electron chi connectivity index (χ3n) is 5.53. The Bertz CT molecular complexity index is 524. The lowest BCUT2D eigenvalue weighted by Crippen LogP contribution is -2.43. The number of rotatable bonds is 5. The van der Waals surface area contributed by atoms with Gasteiger partial charge in [-0.2, -0.15) is 0 Å². The van der Waals surface area contributed by atoms with Crippen molar-refractivity contribution < 1.29 is 4.74 Å². The second-order valence-corrected chi connectivity index (χ2v) is 7.37. The number of hydrogen-bond donors (Lipinski definition) is 0. The molecular formula is C21H30O. The van der Waals surface area contributed by atoms with Crippen LogP contribution in [-0.2, 0) is 10.3 Å². The second kappa shape index (κ2) is 6.58. The van der Waals surface area contributed by atoms with Gasteiger partial charge in [-0.1, -0.05) is 75.4 Å². The Kier molecular flexibility index (Phi) is 4.73. The van der Waals surface area contributed by atoms with Gasteiger partial charge < -0.3 is 4.74 Å². The quantitative estimate of drug-likeness (QED) is 0.626. The molecule has 1 atom stereocenters. The molecule has 1 aromatic carbocycles. The zero-order valence-electron chi connectivity index (χ0n) is 14.2. The minimum absolute atomic E-state index is 0.112. The molecule has 120 valence electrons. The van der Waals surface area contributed by atoms with E-state index in [9.17, 15) is 0 Å². The van der Waals surface area contributed by atoms with Crippen molar-refractivity contribution in [2.45, 2.75) is 82.8 Å². The van der Waals surface area contributed by atoms with Gasteiger partial charge in [0.15, 0.2) is 0 Å². The summed E-state index contributed by atoms with van der Waals surface area (Å²) in [7, 11) is 0. The Morgan fingerprint density at radius 2 is 1.86 bits per heavy atom. The molecule has 22 heavy (non-hydrogen) atoms. The summed E-state index contributed by atoms with van der Waals surface area (Å²) >= 11 is 0. The number of fused-ring (bicyclic) bond motifs is 1. The van der Waals surface area contributed by atoms with Gasteiger partial charge in [0, 0.05) is 0 Å². The first-order valence-electron chi connectivity index (χ1n) is 9.14. The van der Waals surface area contributed by atoms with Gasteiger partial charge in [-0.3, -0.25) is 0 Å². The van der Waals surface area contributed by atoms with Crippen LogP contribution in [0.15, 0.2) is 30.3 Å². The van der Waals surface area contributed by atoms with Crippen LogP contribution in [0.25, 0.3) is 6.08 Å². The molecule has 1 nitrogen and oxygen atoms in total. The van der Waals surface area contributed by atoms with Crippen LogP contribution in [0.5, 0.6) is 0 Å². The Labute approximate surface area is 135 Å². The van der Waals surface area contributed by atoms with Crippen molar-refractivity contribution >= 4 is 6.08 Å². The summed E-state index contributed by atoms with van der Waals surface area (Å²) in [5.74, 6) is 0. The molecule has 0 heterocycles. The molecule has 0 aromatic heterocycles. The third kappa shape index (κ3) is 3.15. The van der Waals surface area contributed by atoms with Crippen molar-refractivity contribution in [2.24, 2.45) is 0 Å². The van der Waals surface area contributed by atoms with Gasteiger partial charge in [-0.25, -0.2) is 0 Å². The summed E-state index contributed by atoms with van der Waals surface area (Å²) < 4.78 is 6.98. The van der Waals surface area contributed by atoms with Crippen LogP contribution in [0.1, 0.15) is 82.8 Å². The first-order valence-corrected chi connectivity index (χ1v) is 9.14.